The van der Waals surface area contributed by atoms with E-state index < -0.39 is 30.0 Å². The van der Waals surface area contributed by atoms with Crippen LogP contribution in [0.15, 0.2) is 25.3 Å². The molecule has 0 aromatic heterocycles. The molecule has 0 aromatic rings. The summed E-state index contributed by atoms with van der Waals surface area (Å²) in [5, 5.41) is 10.4. The van der Waals surface area contributed by atoms with Crippen LogP contribution in [0.3, 0.4) is 0 Å². The van der Waals surface area contributed by atoms with Crippen LogP contribution in [0.25, 0.3) is 0 Å². The zero-order valence-electron chi connectivity index (χ0n) is 20.8. The van der Waals surface area contributed by atoms with E-state index in [-0.39, 0.29) is 5.92 Å². The van der Waals surface area contributed by atoms with Crippen molar-refractivity contribution >= 4 is 19.9 Å². The van der Waals surface area contributed by atoms with E-state index >= 15 is 0 Å². The number of rotatable bonds is 11. The van der Waals surface area contributed by atoms with Crippen LogP contribution in [0.2, 0.25) is 16.6 Å². The first-order valence-electron chi connectivity index (χ1n) is 11.5. The van der Waals surface area contributed by atoms with E-state index in [1.54, 1.807) is 14.2 Å². The molecule has 0 spiro atoms. The molecule has 6 heteroatoms. The Morgan fingerprint density at radius 1 is 1.03 bits per heavy atom. The van der Waals surface area contributed by atoms with Crippen molar-refractivity contribution in [2.45, 2.75) is 100 Å². The molecule has 0 radical (unpaired) electrons. The number of alkyl halides is 1. The largest absolute Gasteiger partial charge is 0.407 e. The summed E-state index contributed by atoms with van der Waals surface area (Å²) >= 11 is 7.28. The molecule has 31 heavy (non-hydrogen) atoms. The predicted octanol–water partition coefficient (Wildman–Crippen LogP) is 6.97. The van der Waals surface area contributed by atoms with Crippen LogP contribution in [0.4, 0.5) is 0 Å². The van der Waals surface area contributed by atoms with Gasteiger partial charge in [0.2, 0.25) is 8.32 Å². The zero-order valence-corrected chi connectivity index (χ0v) is 22.5. The molecule has 0 aromatic carbocycles. The average molecular weight is 468 g/mol. The number of halogens is 1. The van der Waals surface area contributed by atoms with E-state index in [1.165, 1.54) is 0 Å². The number of hydrogen-bond acceptors (Lipinski definition) is 4. The minimum absolute atomic E-state index is 0.110. The fourth-order valence-corrected chi connectivity index (χ4v) is 13.7. The minimum atomic E-state index is -2.41. The van der Waals surface area contributed by atoms with Crippen molar-refractivity contribution < 1.29 is 13.9 Å². The number of ether oxygens (including phenoxy) is 2. The number of hydrogen-bond donors (Lipinski definition) is 0. The van der Waals surface area contributed by atoms with Crippen molar-refractivity contribution in [3.63, 3.8) is 0 Å². The van der Waals surface area contributed by atoms with Crippen LogP contribution in [-0.4, -0.2) is 38.8 Å². The molecule has 0 aliphatic heterocycles. The molecule has 3 atom stereocenters. The Morgan fingerprint density at radius 2 is 1.48 bits per heavy atom. The average Bonchev–Trinajstić information content (AvgIpc) is 3.04. The second kappa shape index (κ2) is 8.95. The lowest BCUT2D eigenvalue weighted by Gasteiger charge is -2.55. The van der Waals surface area contributed by atoms with Gasteiger partial charge in [-0.2, -0.15) is 5.26 Å². The van der Waals surface area contributed by atoms with Crippen molar-refractivity contribution in [3.05, 3.63) is 25.3 Å². The van der Waals surface area contributed by atoms with Crippen LogP contribution in [0, 0.1) is 22.7 Å². The molecule has 2 aliphatic carbocycles. The third-order valence-corrected chi connectivity index (χ3v) is 15.2. The molecule has 2 bridgehead atoms. The first-order valence-corrected chi connectivity index (χ1v) is 14.0. The first-order chi connectivity index (χ1) is 14.4. The minimum Gasteiger partial charge on any atom is -0.407 e. The van der Waals surface area contributed by atoms with Gasteiger partial charge in [0.15, 0.2) is 10.7 Å². The lowest BCUT2D eigenvalue weighted by atomic mass is 9.68. The highest BCUT2D eigenvalue weighted by atomic mass is 35.5. The van der Waals surface area contributed by atoms with Gasteiger partial charge in [-0.15, -0.1) is 13.2 Å². The number of nitrogens with zero attached hydrogens (tertiary/aromatic N) is 1. The van der Waals surface area contributed by atoms with Crippen molar-refractivity contribution in [2.24, 2.45) is 11.3 Å². The molecular formula is C25H42ClNO3Si. The summed E-state index contributed by atoms with van der Waals surface area (Å²) in [6.45, 7) is 21.7. The summed E-state index contributed by atoms with van der Waals surface area (Å²) < 4.78 is 19.7. The second-order valence-corrected chi connectivity index (χ2v) is 16.5. The van der Waals surface area contributed by atoms with Crippen LogP contribution < -0.4 is 0 Å². The molecule has 176 valence electrons. The summed E-state index contributed by atoms with van der Waals surface area (Å²) in [6, 6.07) is 2.49. The second-order valence-electron chi connectivity index (χ2n) is 10.5. The molecular weight excluding hydrogens is 426 g/mol. The highest BCUT2D eigenvalue weighted by molar-refractivity contribution is 6.77. The topological polar surface area (TPSA) is 51.5 Å². The lowest BCUT2D eigenvalue weighted by molar-refractivity contribution is -0.246. The van der Waals surface area contributed by atoms with Gasteiger partial charge >= 0.3 is 0 Å². The number of allylic oxidation sites excluding steroid dienone is 2. The van der Waals surface area contributed by atoms with Gasteiger partial charge < -0.3 is 13.9 Å². The number of nitriles is 1. The van der Waals surface area contributed by atoms with Crippen molar-refractivity contribution in [2.75, 3.05) is 14.2 Å². The fraction of sp³-hybridized carbons (Fsp3) is 0.800. The Kier molecular flexibility index (Phi) is 7.68. The maximum Gasteiger partial charge on any atom is 0.201 e. The monoisotopic (exact) mass is 467 g/mol. The molecule has 0 heterocycles. The molecule has 2 saturated carbocycles. The van der Waals surface area contributed by atoms with E-state index in [1.807, 2.05) is 12.2 Å². The van der Waals surface area contributed by atoms with Crippen LogP contribution in [0.5, 0.6) is 0 Å². The summed E-state index contributed by atoms with van der Waals surface area (Å²) in [5.74, 6) is -0.965. The normalized spacial score (nSPS) is 31.4. The van der Waals surface area contributed by atoms with Gasteiger partial charge in [-0.1, -0.05) is 65.3 Å². The van der Waals surface area contributed by atoms with Crippen molar-refractivity contribution in [3.8, 4) is 6.07 Å². The predicted molar refractivity (Wildman–Crippen MR) is 131 cm³/mol. The summed E-state index contributed by atoms with van der Waals surface area (Å²) in [4.78, 5) is -1.17. The standard InChI is InChI=1S/C25H42ClNO3Si/c1-11-13-22(14-12-2)21-15-23(26,17-27)25(22,16-24(21,28-9)29-10)30-31(18(3)4,19(5)6)20(7)8/h11-12,18-21H,1-2,13-16H2,3-10H3/t21-,23+,25+/m0/s1. The Balaban J connectivity index is 2.93. The number of methoxy groups -OCH3 is 2. The third kappa shape index (κ3) is 3.32. The molecule has 2 aliphatic rings. The van der Waals surface area contributed by atoms with E-state index in [9.17, 15) is 5.26 Å². The van der Waals surface area contributed by atoms with E-state index in [4.69, 9.17) is 25.5 Å². The van der Waals surface area contributed by atoms with Crippen LogP contribution in [0.1, 0.15) is 67.2 Å². The van der Waals surface area contributed by atoms with Gasteiger partial charge in [0.05, 0.1) is 6.07 Å². The summed E-state index contributed by atoms with van der Waals surface area (Å²) in [7, 11) is 0.956. The number of fused-ring (bicyclic) bond motifs is 2. The molecule has 2 fully saturated rings. The SMILES string of the molecule is C=CCC1(CC=C)[C@@H]2C[C@@](Cl)(C#N)[C@@]1(O[Si](C(C)C)(C(C)C)C(C)C)CC2(OC)OC. The zero-order chi connectivity index (χ0) is 23.9. The van der Waals surface area contributed by atoms with Gasteiger partial charge in [-0.25, -0.2) is 0 Å². The van der Waals surface area contributed by atoms with Gasteiger partial charge in [-0.3, -0.25) is 0 Å². The highest BCUT2D eigenvalue weighted by Gasteiger charge is 2.83. The van der Waals surface area contributed by atoms with E-state index in [2.05, 4.69) is 60.8 Å². The highest BCUT2D eigenvalue weighted by Crippen LogP contribution is 2.76. The van der Waals surface area contributed by atoms with Gasteiger partial charge in [0.25, 0.3) is 0 Å². The Labute approximate surface area is 196 Å². The van der Waals surface area contributed by atoms with Crippen LogP contribution >= 0.6 is 11.6 Å². The van der Waals surface area contributed by atoms with E-state index in [0.29, 0.717) is 42.3 Å². The molecule has 0 unspecified atom stereocenters. The maximum absolute atomic E-state index is 10.4. The quantitative estimate of drug-likeness (QED) is 0.142. The van der Waals surface area contributed by atoms with Gasteiger partial charge in [0, 0.05) is 32.0 Å². The fourth-order valence-electron chi connectivity index (χ4n) is 7.42. The van der Waals surface area contributed by atoms with E-state index in [0.717, 1.165) is 0 Å². The molecule has 0 amide bonds. The Morgan fingerprint density at radius 3 is 1.81 bits per heavy atom. The first kappa shape index (κ1) is 26.6. The van der Waals surface area contributed by atoms with Gasteiger partial charge in [0.1, 0.15) is 5.60 Å². The van der Waals surface area contributed by atoms with Crippen LogP contribution in [-0.2, 0) is 13.9 Å². The van der Waals surface area contributed by atoms with Crippen molar-refractivity contribution in [1.82, 2.24) is 0 Å². The smallest absolute Gasteiger partial charge is 0.201 e. The summed E-state index contributed by atoms with van der Waals surface area (Å²) in [6.07, 6.45) is 6.06. The summed E-state index contributed by atoms with van der Waals surface area (Å²) in [5.41, 5.74) is -0.348. The molecule has 2 rings (SSSR count). The lowest BCUT2D eigenvalue weighted by Crippen LogP contribution is -2.65. The van der Waals surface area contributed by atoms with Gasteiger partial charge in [-0.05, 0) is 35.9 Å². The maximum atomic E-state index is 10.4. The molecule has 0 N–H and O–H groups in total. The Bertz CT molecular complexity index is 695. The molecule has 4 nitrogen and oxygen atoms in total. The molecule has 0 saturated heterocycles. The Hall–Kier alpha value is -0.643. The van der Waals surface area contributed by atoms with Crippen molar-refractivity contribution in [1.29, 1.82) is 5.26 Å². The third-order valence-electron chi connectivity index (χ3n) is 8.57.